The van der Waals surface area contributed by atoms with Gasteiger partial charge in [0.15, 0.2) is 5.96 Å². The number of hydrogen-bond donors (Lipinski definition) is 2. The maximum Gasteiger partial charge on any atom is 0.218 e. The Kier molecular flexibility index (Phi) is 9.10. The summed E-state index contributed by atoms with van der Waals surface area (Å²) in [5.41, 5.74) is 5.44. The molecule has 0 fully saturated rings. The number of aromatic nitrogens is 3. The number of halogens is 1. The fourth-order valence-electron chi connectivity index (χ4n) is 3.06. The van der Waals surface area contributed by atoms with E-state index >= 15 is 0 Å². The summed E-state index contributed by atoms with van der Waals surface area (Å²) >= 11 is 0. The third kappa shape index (κ3) is 6.19. The quantitative estimate of drug-likeness (QED) is 0.284. The minimum absolute atomic E-state index is 0. The van der Waals surface area contributed by atoms with Crippen LogP contribution in [0.25, 0.3) is 0 Å². The zero-order chi connectivity index (χ0) is 20.6. The van der Waals surface area contributed by atoms with E-state index in [1.54, 1.807) is 13.2 Å². The van der Waals surface area contributed by atoms with E-state index in [4.69, 9.17) is 4.74 Å². The molecule has 0 amide bonds. The number of pyridine rings is 1. The second-order valence-corrected chi connectivity index (χ2v) is 6.79. The van der Waals surface area contributed by atoms with Crippen LogP contribution >= 0.6 is 24.0 Å². The van der Waals surface area contributed by atoms with Crippen LogP contribution < -0.4 is 15.4 Å². The highest BCUT2D eigenvalue weighted by Crippen LogP contribution is 2.16. The van der Waals surface area contributed by atoms with Gasteiger partial charge in [0.2, 0.25) is 5.88 Å². The summed E-state index contributed by atoms with van der Waals surface area (Å²) in [6, 6.07) is 14.0. The maximum absolute atomic E-state index is 5.93. The van der Waals surface area contributed by atoms with Crippen molar-refractivity contribution in [1.29, 1.82) is 0 Å². The molecular weight excluding hydrogens is 491 g/mol. The molecule has 0 radical (unpaired) electrons. The molecule has 1 aromatic carbocycles. The third-order valence-electron chi connectivity index (χ3n) is 4.83. The van der Waals surface area contributed by atoms with Crippen LogP contribution in [0.1, 0.15) is 28.1 Å². The number of guanidine groups is 1. The van der Waals surface area contributed by atoms with Crippen molar-refractivity contribution in [3.05, 3.63) is 76.7 Å². The van der Waals surface area contributed by atoms with Crippen LogP contribution in [-0.4, -0.2) is 27.8 Å². The lowest BCUT2D eigenvalue weighted by atomic mass is 10.2. The third-order valence-corrected chi connectivity index (χ3v) is 4.83. The monoisotopic (exact) mass is 520 g/mol. The number of ether oxygens (including phenoxy) is 1. The van der Waals surface area contributed by atoms with Gasteiger partial charge in [0, 0.05) is 50.2 Å². The molecule has 0 atom stereocenters. The zero-order valence-corrected chi connectivity index (χ0v) is 20.2. The molecule has 2 aromatic heterocycles. The molecule has 0 saturated carbocycles. The van der Waals surface area contributed by atoms with E-state index in [9.17, 15) is 0 Å². The second kappa shape index (κ2) is 11.5. The maximum atomic E-state index is 5.93. The van der Waals surface area contributed by atoms with Crippen molar-refractivity contribution in [1.82, 2.24) is 25.4 Å². The Bertz CT molecular complexity index is 971. The average Bonchev–Trinajstić information content (AvgIpc) is 2.99. The van der Waals surface area contributed by atoms with Crippen LogP contribution in [0.4, 0.5) is 0 Å². The number of benzene rings is 1. The molecular formula is C22H29IN6O. The van der Waals surface area contributed by atoms with E-state index in [1.165, 1.54) is 5.56 Å². The summed E-state index contributed by atoms with van der Waals surface area (Å²) in [5.74, 6) is 1.34. The Hall–Kier alpha value is -2.62. The van der Waals surface area contributed by atoms with Crippen molar-refractivity contribution >= 4 is 29.9 Å². The molecule has 0 aliphatic heterocycles. The molecule has 0 bridgehead atoms. The molecule has 0 aliphatic rings. The summed E-state index contributed by atoms with van der Waals surface area (Å²) in [6.45, 7) is 5.79. The first kappa shape index (κ1) is 23.7. The molecule has 160 valence electrons. The van der Waals surface area contributed by atoms with Crippen molar-refractivity contribution in [3.63, 3.8) is 0 Å². The minimum Gasteiger partial charge on any atom is -0.473 e. The van der Waals surface area contributed by atoms with Crippen LogP contribution in [0.2, 0.25) is 0 Å². The molecule has 8 heteroatoms. The van der Waals surface area contributed by atoms with Gasteiger partial charge in [-0.05, 0) is 25.5 Å². The normalized spacial score (nSPS) is 11.0. The van der Waals surface area contributed by atoms with Gasteiger partial charge in [-0.2, -0.15) is 5.10 Å². The highest BCUT2D eigenvalue weighted by atomic mass is 127. The minimum atomic E-state index is 0. The Balaban J connectivity index is 0.00000320. The first-order chi connectivity index (χ1) is 14.1. The molecule has 0 saturated heterocycles. The molecule has 30 heavy (non-hydrogen) atoms. The van der Waals surface area contributed by atoms with E-state index in [1.807, 2.05) is 61.1 Å². The fourth-order valence-corrected chi connectivity index (χ4v) is 3.06. The molecule has 3 rings (SSSR count). The van der Waals surface area contributed by atoms with Gasteiger partial charge in [-0.25, -0.2) is 4.98 Å². The Morgan fingerprint density at radius 3 is 2.47 bits per heavy atom. The van der Waals surface area contributed by atoms with Crippen LogP contribution in [0.5, 0.6) is 5.88 Å². The van der Waals surface area contributed by atoms with Crippen molar-refractivity contribution in [3.8, 4) is 5.88 Å². The summed E-state index contributed by atoms with van der Waals surface area (Å²) in [7, 11) is 3.71. The van der Waals surface area contributed by atoms with Gasteiger partial charge in [0.1, 0.15) is 6.61 Å². The number of aliphatic imine (C=N–C) groups is 1. The number of aryl methyl sites for hydroxylation is 2. The molecule has 0 spiro atoms. The first-order valence-electron chi connectivity index (χ1n) is 9.62. The Labute approximate surface area is 195 Å². The van der Waals surface area contributed by atoms with E-state index in [0.717, 1.165) is 22.5 Å². The van der Waals surface area contributed by atoms with Gasteiger partial charge >= 0.3 is 0 Å². The number of hydrogen-bond acceptors (Lipinski definition) is 4. The smallest absolute Gasteiger partial charge is 0.218 e. The topological polar surface area (TPSA) is 76.4 Å². The van der Waals surface area contributed by atoms with Gasteiger partial charge in [0.05, 0.1) is 5.69 Å². The lowest BCUT2D eigenvalue weighted by molar-refractivity contribution is 0.290. The highest BCUT2D eigenvalue weighted by Gasteiger charge is 2.11. The second-order valence-electron chi connectivity index (χ2n) is 6.79. The Morgan fingerprint density at radius 1 is 1.07 bits per heavy atom. The SMILES string of the molecule is CN=C(NCc1cccnc1OCc1ccccc1)NCc1c(C)nn(C)c1C.I. The van der Waals surface area contributed by atoms with Gasteiger partial charge < -0.3 is 15.4 Å². The predicted octanol–water partition coefficient (Wildman–Crippen LogP) is 3.49. The lowest BCUT2D eigenvalue weighted by Crippen LogP contribution is -2.36. The number of nitrogens with one attached hydrogen (secondary N) is 2. The number of nitrogens with zero attached hydrogens (tertiary/aromatic N) is 4. The molecule has 0 aliphatic carbocycles. The largest absolute Gasteiger partial charge is 0.473 e. The summed E-state index contributed by atoms with van der Waals surface area (Å²) in [5, 5.41) is 11.1. The van der Waals surface area contributed by atoms with Gasteiger partial charge in [-0.1, -0.05) is 36.4 Å². The van der Waals surface area contributed by atoms with Crippen molar-refractivity contribution in [2.75, 3.05) is 7.05 Å². The van der Waals surface area contributed by atoms with E-state index in [-0.39, 0.29) is 24.0 Å². The first-order valence-corrected chi connectivity index (χ1v) is 9.62. The van der Waals surface area contributed by atoms with E-state index in [2.05, 4.69) is 32.6 Å². The Morgan fingerprint density at radius 2 is 1.80 bits per heavy atom. The summed E-state index contributed by atoms with van der Waals surface area (Å²) < 4.78 is 7.83. The molecule has 2 N–H and O–H groups in total. The molecule has 0 unspecified atom stereocenters. The predicted molar refractivity (Wildman–Crippen MR) is 130 cm³/mol. The van der Waals surface area contributed by atoms with Crippen LogP contribution in [0.15, 0.2) is 53.7 Å². The fraction of sp³-hybridized carbons (Fsp3) is 0.318. The standard InChI is InChI=1S/C22H28N6O.HI/c1-16-20(17(2)28(4)27-16)14-26-22(23-3)25-13-19-11-8-12-24-21(19)29-15-18-9-6-5-7-10-18;/h5-12H,13-15H2,1-4H3,(H2,23,25,26);1H. The average molecular weight is 520 g/mol. The van der Waals surface area contributed by atoms with E-state index < -0.39 is 0 Å². The van der Waals surface area contributed by atoms with Gasteiger partial charge in [0.25, 0.3) is 0 Å². The highest BCUT2D eigenvalue weighted by molar-refractivity contribution is 14.0. The van der Waals surface area contributed by atoms with Crippen LogP contribution in [0, 0.1) is 13.8 Å². The summed E-state index contributed by atoms with van der Waals surface area (Å²) in [6.07, 6.45) is 1.74. The molecule has 3 aromatic rings. The molecule has 7 nitrogen and oxygen atoms in total. The van der Waals surface area contributed by atoms with Crippen LogP contribution in [-0.2, 0) is 26.7 Å². The van der Waals surface area contributed by atoms with E-state index in [0.29, 0.717) is 31.5 Å². The lowest BCUT2D eigenvalue weighted by Gasteiger charge is -2.14. The van der Waals surface area contributed by atoms with Crippen molar-refractivity contribution < 1.29 is 4.74 Å². The van der Waals surface area contributed by atoms with Crippen molar-refractivity contribution in [2.45, 2.75) is 33.5 Å². The van der Waals surface area contributed by atoms with Crippen molar-refractivity contribution in [2.24, 2.45) is 12.0 Å². The number of rotatable bonds is 7. The van der Waals surface area contributed by atoms with Gasteiger partial charge in [-0.3, -0.25) is 9.67 Å². The van der Waals surface area contributed by atoms with Gasteiger partial charge in [-0.15, -0.1) is 24.0 Å². The zero-order valence-electron chi connectivity index (χ0n) is 17.8. The molecule has 2 heterocycles. The van der Waals surface area contributed by atoms with Crippen LogP contribution in [0.3, 0.4) is 0 Å². The summed E-state index contributed by atoms with van der Waals surface area (Å²) in [4.78, 5) is 8.70.